The highest BCUT2D eigenvalue weighted by Crippen LogP contribution is 2.19. The highest BCUT2D eigenvalue weighted by atomic mass is 15.3. The van der Waals surface area contributed by atoms with Crippen LogP contribution in [-0.4, -0.2) is 24.7 Å². The van der Waals surface area contributed by atoms with E-state index >= 15 is 0 Å². The van der Waals surface area contributed by atoms with Crippen molar-refractivity contribution >= 4 is 5.82 Å². The van der Waals surface area contributed by atoms with Gasteiger partial charge in [0.15, 0.2) is 5.82 Å². The lowest BCUT2D eigenvalue weighted by atomic mass is 10.2. The molecule has 0 aliphatic heterocycles. The third-order valence-corrected chi connectivity index (χ3v) is 2.85. The number of aryl methyl sites for hydroxylation is 3. The van der Waals surface area contributed by atoms with Gasteiger partial charge in [-0.2, -0.15) is 0 Å². The molecule has 6 nitrogen and oxygen atoms in total. The molecular formula is C12H18N6. The van der Waals surface area contributed by atoms with Crippen molar-refractivity contribution in [3.8, 4) is 0 Å². The van der Waals surface area contributed by atoms with E-state index in [2.05, 4.69) is 32.4 Å². The Balaban J connectivity index is 2.23. The summed E-state index contributed by atoms with van der Waals surface area (Å²) in [6.45, 7) is 6.02. The second-order valence-corrected chi connectivity index (χ2v) is 4.31. The molecule has 0 aromatic carbocycles. The quantitative estimate of drug-likeness (QED) is 0.888. The second-order valence-electron chi connectivity index (χ2n) is 4.31. The zero-order valence-corrected chi connectivity index (χ0v) is 11.2. The zero-order valence-electron chi connectivity index (χ0n) is 11.2. The van der Waals surface area contributed by atoms with E-state index in [1.807, 2.05) is 31.7 Å². The fourth-order valence-corrected chi connectivity index (χ4v) is 1.83. The molecule has 2 heterocycles. The molecule has 0 saturated heterocycles. The average molecular weight is 246 g/mol. The fourth-order valence-electron chi connectivity index (χ4n) is 1.83. The van der Waals surface area contributed by atoms with Gasteiger partial charge in [0.05, 0.1) is 6.04 Å². The molecule has 0 bridgehead atoms. The second kappa shape index (κ2) is 5.12. The van der Waals surface area contributed by atoms with E-state index in [9.17, 15) is 0 Å². The highest BCUT2D eigenvalue weighted by molar-refractivity contribution is 5.44. The van der Waals surface area contributed by atoms with E-state index in [1.165, 1.54) is 0 Å². The van der Waals surface area contributed by atoms with Crippen molar-refractivity contribution in [2.45, 2.75) is 33.2 Å². The Bertz CT molecular complexity index is 533. The molecule has 0 aliphatic carbocycles. The molecule has 1 N–H and O–H groups in total. The fraction of sp³-hybridized carbons (Fsp3) is 0.500. The van der Waals surface area contributed by atoms with Gasteiger partial charge in [-0.15, -0.1) is 10.2 Å². The molecule has 6 heteroatoms. The number of rotatable bonds is 4. The maximum atomic E-state index is 4.44. The van der Waals surface area contributed by atoms with E-state index in [4.69, 9.17) is 0 Å². The maximum Gasteiger partial charge on any atom is 0.154 e. The number of aromatic nitrogens is 5. The van der Waals surface area contributed by atoms with Crippen LogP contribution in [0.2, 0.25) is 0 Å². The van der Waals surface area contributed by atoms with Crippen molar-refractivity contribution in [1.82, 2.24) is 24.7 Å². The summed E-state index contributed by atoms with van der Waals surface area (Å²) in [5, 5.41) is 11.4. The van der Waals surface area contributed by atoms with Gasteiger partial charge in [0.1, 0.15) is 18.0 Å². The first-order chi connectivity index (χ1) is 8.61. The Morgan fingerprint density at radius 2 is 2.22 bits per heavy atom. The normalized spacial score (nSPS) is 12.4. The van der Waals surface area contributed by atoms with Gasteiger partial charge < -0.3 is 9.88 Å². The number of nitrogens with one attached hydrogen (secondary N) is 1. The van der Waals surface area contributed by atoms with E-state index in [0.29, 0.717) is 0 Å². The summed E-state index contributed by atoms with van der Waals surface area (Å²) >= 11 is 0. The van der Waals surface area contributed by atoms with Gasteiger partial charge in [-0.3, -0.25) is 0 Å². The standard InChI is InChI=1S/C12H18N6/c1-5-10-6-13-9(3)16-11(10)15-8(2)12-17-14-7-18(12)4/h6-8H,5H2,1-4H3,(H,13,15,16)/t8-/m1/s1. The Morgan fingerprint density at radius 1 is 1.44 bits per heavy atom. The molecule has 0 amide bonds. The SMILES string of the molecule is CCc1cnc(C)nc1N[C@H](C)c1nncn1C. The van der Waals surface area contributed by atoms with E-state index in [1.54, 1.807) is 6.33 Å². The first kappa shape index (κ1) is 12.5. The van der Waals surface area contributed by atoms with Gasteiger partial charge in [-0.25, -0.2) is 9.97 Å². The lowest BCUT2D eigenvalue weighted by Gasteiger charge is -2.16. The summed E-state index contributed by atoms with van der Waals surface area (Å²) in [4.78, 5) is 8.66. The Labute approximate surface area is 106 Å². The van der Waals surface area contributed by atoms with Crippen molar-refractivity contribution in [3.63, 3.8) is 0 Å². The van der Waals surface area contributed by atoms with Crippen LogP contribution in [0.3, 0.4) is 0 Å². The van der Waals surface area contributed by atoms with Crippen molar-refractivity contribution in [1.29, 1.82) is 0 Å². The van der Waals surface area contributed by atoms with Gasteiger partial charge in [0, 0.05) is 18.8 Å². The molecule has 1 atom stereocenters. The Hall–Kier alpha value is -1.98. The Morgan fingerprint density at radius 3 is 2.83 bits per heavy atom. The molecule has 2 aromatic rings. The minimum atomic E-state index is 0.0529. The molecule has 0 radical (unpaired) electrons. The summed E-state index contributed by atoms with van der Waals surface area (Å²) in [5.74, 6) is 2.52. The van der Waals surface area contributed by atoms with E-state index < -0.39 is 0 Å². The lowest BCUT2D eigenvalue weighted by Crippen LogP contribution is -2.14. The van der Waals surface area contributed by atoms with E-state index in [-0.39, 0.29) is 6.04 Å². The summed E-state index contributed by atoms with van der Waals surface area (Å²) in [7, 11) is 1.93. The molecule has 0 unspecified atom stereocenters. The zero-order chi connectivity index (χ0) is 13.1. The summed E-state index contributed by atoms with van der Waals surface area (Å²) in [6, 6.07) is 0.0529. The van der Waals surface area contributed by atoms with Gasteiger partial charge in [0.2, 0.25) is 0 Å². The number of hydrogen-bond acceptors (Lipinski definition) is 5. The molecule has 0 saturated carbocycles. The Kier molecular flexibility index (Phi) is 3.55. The predicted molar refractivity (Wildman–Crippen MR) is 69.2 cm³/mol. The van der Waals surface area contributed by atoms with E-state index in [0.717, 1.165) is 29.5 Å². The minimum absolute atomic E-state index is 0.0529. The topological polar surface area (TPSA) is 68.5 Å². The van der Waals surface area contributed by atoms with Crippen molar-refractivity contribution < 1.29 is 0 Å². The number of hydrogen-bond donors (Lipinski definition) is 1. The summed E-state index contributed by atoms with van der Waals surface area (Å²) < 4.78 is 1.90. The molecule has 18 heavy (non-hydrogen) atoms. The molecule has 2 rings (SSSR count). The van der Waals surface area contributed by atoms with Crippen LogP contribution in [0.15, 0.2) is 12.5 Å². The van der Waals surface area contributed by atoms with Gasteiger partial charge in [-0.05, 0) is 20.3 Å². The lowest BCUT2D eigenvalue weighted by molar-refractivity contribution is 0.713. The average Bonchev–Trinajstić information content (AvgIpc) is 2.76. The highest BCUT2D eigenvalue weighted by Gasteiger charge is 2.13. The molecule has 96 valence electrons. The van der Waals surface area contributed by atoms with Crippen molar-refractivity contribution in [2.24, 2.45) is 7.05 Å². The monoisotopic (exact) mass is 246 g/mol. The molecular weight excluding hydrogens is 228 g/mol. The molecule has 0 spiro atoms. The van der Waals surface area contributed by atoms with Crippen molar-refractivity contribution in [2.75, 3.05) is 5.32 Å². The van der Waals surface area contributed by atoms with Crippen LogP contribution in [0, 0.1) is 6.92 Å². The smallest absolute Gasteiger partial charge is 0.154 e. The third-order valence-electron chi connectivity index (χ3n) is 2.85. The van der Waals surface area contributed by atoms with Crippen molar-refractivity contribution in [3.05, 3.63) is 29.7 Å². The molecule has 0 fully saturated rings. The van der Waals surface area contributed by atoms with Crippen LogP contribution in [0.25, 0.3) is 0 Å². The summed E-state index contributed by atoms with van der Waals surface area (Å²) in [5.41, 5.74) is 1.11. The van der Waals surface area contributed by atoms with Crippen LogP contribution in [0.5, 0.6) is 0 Å². The van der Waals surface area contributed by atoms with Crippen LogP contribution < -0.4 is 5.32 Å². The van der Waals surface area contributed by atoms with Gasteiger partial charge in [-0.1, -0.05) is 6.92 Å². The molecule has 0 aliphatic rings. The molecule has 2 aromatic heterocycles. The minimum Gasteiger partial charge on any atom is -0.360 e. The van der Waals surface area contributed by atoms with Crippen LogP contribution in [0.1, 0.15) is 37.1 Å². The largest absolute Gasteiger partial charge is 0.360 e. The van der Waals surface area contributed by atoms with Crippen LogP contribution >= 0.6 is 0 Å². The van der Waals surface area contributed by atoms with Crippen LogP contribution in [0.4, 0.5) is 5.82 Å². The predicted octanol–water partition coefficient (Wildman–Crippen LogP) is 1.65. The van der Waals surface area contributed by atoms with Gasteiger partial charge in [0.25, 0.3) is 0 Å². The van der Waals surface area contributed by atoms with Gasteiger partial charge >= 0.3 is 0 Å². The summed E-state index contributed by atoms with van der Waals surface area (Å²) in [6.07, 6.45) is 4.46. The van der Waals surface area contributed by atoms with Crippen LogP contribution in [-0.2, 0) is 13.5 Å². The first-order valence-corrected chi connectivity index (χ1v) is 6.04. The number of anilines is 1. The first-order valence-electron chi connectivity index (χ1n) is 6.04. The third kappa shape index (κ3) is 2.47. The number of nitrogens with zero attached hydrogens (tertiary/aromatic N) is 5. The maximum absolute atomic E-state index is 4.44.